The van der Waals surface area contributed by atoms with E-state index in [2.05, 4.69) is 37.6 Å². The summed E-state index contributed by atoms with van der Waals surface area (Å²) in [5, 5.41) is 15.5. The Kier molecular flexibility index (Phi) is 9.24. The average molecular weight is 571 g/mol. The molecule has 2 aromatic heterocycles. The number of hydrogen-bond donors (Lipinski definition) is 2. The third-order valence-corrected chi connectivity index (χ3v) is 6.54. The summed E-state index contributed by atoms with van der Waals surface area (Å²) in [4.78, 5) is 13.5. The molecule has 4 heterocycles. The minimum Gasteiger partial charge on any atom is -0.355 e. The van der Waals surface area contributed by atoms with Crippen molar-refractivity contribution in [1.82, 2.24) is 35.3 Å². The summed E-state index contributed by atoms with van der Waals surface area (Å²) < 4.78 is 16.1. The third-order valence-electron chi connectivity index (χ3n) is 6.54. The maximum atomic E-state index is 14.2. The maximum Gasteiger partial charge on any atom is 0.192 e. The van der Waals surface area contributed by atoms with Crippen LogP contribution in [0.4, 0.5) is 10.2 Å². The first-order valence-electron chi connectivity index (χ1n) is 11.5. The number of likely N-dealkylation sites (N-methyl/N-ethyl adjacent to an activating group) is 1. The Bertz CT molecular complexity index is 934. The van der Waals surface area contributed by atoms with E-state index in [9.17, 15) is 4.39 Å². The molecule has 0 aromatic carbocycles. The van der Waals surface area contributed by atoms with Gasteiger partial charge in [-0.05, 0) is 51.4 Å². The number of guanidine groups is 1. The third kappa shape index (κ3) is 6.31. The van der Waals surface area contributed by atoms with Crippen LogP contribution in [0.3, 0.4) is 0 Å². The predicted octanol–water partition coefficient (Wildman–Crippen LogP) is 2.07. The highest BCUT2D eigenvalue weighted by Crippen LogP contribution is 2.21. The Labute approximate surface area is 212 Å². The van der Waals surface area contributed by atoms with Gasteiger partial charge in [-0.3, -0.25) is 4.90 Å². The molecule has 0 amide bonds. The summed E-state index contributed by atoms with van der Waals surface area (Å²) in [6.07, 6.45) is 4.97. The van der Waals surface area contributed by atoms with Crippen molar-refractivity contribution in [3.8, 4) is 0 Å². The van der Waals surface area contributed by atoms with Gasteiger partial charge < -0.3 is 20.1 Å². The lowest BCUT2D eigenvalue weighted by Crippen LogP contribution is -2.48. The van der Waals surface area contributed by atoms with Crippen LogP contribution in [0.25, 0.3) is 0 Å². The molecule has 0 spiro atoms. The number of aromatic nitrogens is 4. The SMILES string of the molecule is CCN1CCCC1CNC(=NCc1nnc(C)n1C)NC1CCN(c2ncccc2F)C1.I. The summed E-state index contributed by atoms with van der Waals surface area (Å²) in [6, 6.07) is 3.76. The number of hydrogen-bond acceptors (Lipinski definition) is 6. The number of aryl methyl sites for hydroxylation is 1. The van der Waals surface area contributed by atoms with Crippen LogP contribution in [0, 0.1) is 12.7 Å². The van der Waals surface area contributed by atoms with Crippen molar-refractivity contribution in [3.05, 3.63) is 35.8 Å². The number of halogens is 2. The van der Waals surface area contributed by atoms with Gasteiger partial charge in [-0.25, -0.2) is 14.4 Å². The number of aliphatic imine (C=N–C) groups is 1. The summed E-state index contributed by atoms with van der Waals surface area (Å²) in [6.45, 7) is 9.11. The normalized spacial score (nSPS) is 21.3. The van der Waals surface area contributed by atoms with Crippen LogP contribution in [-0.2, 0) is 13.6 Å². The van der Waals surface area contributed by atoms with Crippen LogP contribution in [-0.4, -0.2) is 75.4 Å². The van der Waals surface area contributed by atoms with Gasteiger partial charge in [-0.2, -0.15) is 0 Å². The van der Waals surface area contributed by atoms with E-state index in [-0.39, 0.29) is 35.8 Å². The van der Waals surface area contributed by atoms with E-state index in [1.807, 2.05) is 23.4 Å². The summed E-state index contributed by atoms with van der Waals surface area (Å²) in [5.74, 6) is 2.59. The van der Waals surface area contributed by atoms with E-state index < -0.39 is 0 Å². The zero-order chi connectivity index (χ0) is 22.5. The Hall–Kier alpha value is -2.02. The zero-order valence-electron chi connectivity index (χ0n) is 19.7. The van der Waals surface area contributed by atoms with Crippen molar-refractivity contribution in [1.29, 1.82) is 0 Å². The molecule has 2 atom stereocenters. The van der Waals surface area contributed by atoms with Gasteiger partial charge in [0.25, 0.3) is 0 Å². The summed E-state index contributed by atoms with van der Waals surface area (Å²) in [7, 11) is 1.95. The van der Waals surface area contributed by atoms with Gasteiger partial charge in [0.05, 0.1) is 0 Å². The van der Waals surface area contributed by atoms with Gasteiger partial charge in [0.15, 0.2) is 23.4 Å². The Morgan fingerprint density at radius 2 is 2.12 bits per heavy atom. The van der Waals surface area contributed by atoms with Crippen LogP contribution in [0.1, 0.15) is 37.8 Å². The lowest BCUT2D eigenvalue weighted by Gasteiger charge is -2.25. The number of pyridine rings is 1. The first-order chi connectivity index (χ1) is 15.5. The van der Waals surface area contributed by atoms with Crippen LogP contribution in [0.2, 0.25) is 0 Å². The second kappa shape index (κ2) is 11.9. The van der Waals surface area contributed by atoms with Gasteiger partial charge in [-0.15, -0.1) is 34.2 Å². The number of nitrogens with one attached hydrogen (secondary N) is 2. The fourth-order valence-electron chi connectivity index (χ4n) is 4.52. The highest BCUT2D eigenvalue weighted by Gasteiger charge is 2.27. The van der Waals surface area contributed by atoms with Crippen molar-refractivity contribution in [2.75, 3.05) is 37.6 Å². The van der Waals surface area contributed by atoms with Gasteiger partial charge >= 0.3 is 0 Å². The Balaban J connectivity index is 0.00000306. The summed E-state index contributed by atoms with van der Waals surface area (Å²) in [5.41, 5.74) is 0. The monoisotopic (exact) mass is 571 g/mol. The molecule has 4 rings (SSSR count). The molecule has 9 nitrogen and oxygen atoms in total. The molecule has 2 N–H and O–H groups in total. The molecule has 0 bridgehead atoms. The van der Waals surface area contributed by atoms with Crippen molar-refractivity contribution in [2.45, 2.75) is 51.7 Å². The van der Waals surface area contributed by atoms with Gasteiger partial charge in [-0.1, -0.05) is 6.92 Å². The first-order valence-corrected chi connectivity index (χ1v) is 11.5. The van der Waals surface area contributed by atoms with E-state index in [1.165, 1.54) is 18.9 Å². The lowest BCUT2D eigenvalue weighted by molar-refractivity contribution is 0.267. The van der Waals surface area contributed by atoms with Crippen molar-refractivity contribution >= 4 is 35.8 Å². The Morgan fingerprint density at radius 3 is 2.85 bits per heavy atom. The van der Waals surface area contributed by atoms with Crippen LogP contribution >= 0.6 is 24.0 Å². The second-order valence-electron chi connectivity index (χ2n) is 8.58. The Morgan fingerprint density at radius 1 is 1.27 bits per heavy atom. The number of rotatable bonds is 7. The highest BCUT2D eigenvalue weighted by atomic mass is 127. The molecule has 0 aliphatic carbocycles. The molecule has 2 fully saturated rings. The molecule has 2 saturated heterocycles. The van der Waals surface area contributed by atoms with E-state index in [1.54, 1.807) is 12.3 Å². The van der Waals surface area contributed by atoms with Gasteiger partial charge in [0.1, 0.15) is 12.4 Å². The topological polar surface area (TPSA) is 86.5 Å². The molecule has 0 saturated carbocycles. The molecule has 2 aliphatic heterocycles. The fraction of sp³-hybridized carbons (Fsp3) is 0.636. The molecule has 182 valence electrons. The number of likely N-dealkylation sites (tertiary alicyclic amines) is 1. The molecule has 2 aliphatic rings. The van der Waals surface area contributed by atoms with E-state index in [4.69, 9.17) is 4.99 Å². The molecule has 0 radical (unpaired) electrons. The van der Waals surface area contributed by atoms with Crippen LogP contribution < -0.4 is 15.5 Å². The first kappa shape index (κ1) is 25.6. The summed E-state index contributed by atoms with van der Waals surface area (Å²) >= 11 is 0. The average Bonchev–Trinajstić information content (AvgIpc) is 3.52. The quantitative estimate of drug-likeness (QED) is 0.299. The van der Waals surface area contributed by atoms with E-state index in [0.717, 1.165) is 50.2 Å². The largest absolute Gasteiger partial charge is 0.355 e. The number of anilines is 1. The zero-order valence-corrected chi connectivity index (χ0v) is 22.0. The van der Waals surface area contributed by atoms with Crippen LogP contribution in [0.5, 0.6) is 0 Å². The molecule has 2 unspecified atom stereocenters. The maximum absolute atomic E-state index is 14.2. The number of nitrogens with zero attached hydrogens (tertiary/aromatic N) is 7. The standard InChI is InChI=1S/C22H34FN9.HI/c1-4-31-11-6-7-18(31)13-25-22(26-14-20-29-28-16(2)30(20)3)27-17-9-12-32(15-17)21-19(23)8-5-10-24-21;/h5,8,10,17-18H,4,6-7,9,11-15H2,1-3H3,(H2,25,26,27);1H. The van der Waals surface area contributed by atoms with E-state index >= 15 is 0 Å². The minimum absolute atomic E-state index is 0. The second-order valence-corrected chi connectivity index (χ2v) is 8.58. The molecule has 11 heteroatoms. The molecular weight excluding hydrogens is 536 g/mol. The molecule has 2 aromatic rings. The van der Waals surface area contributed by atoms with Gasteiger partial charge in [0, 0.05) is 45.0 Å². The molecule has 33 heavy (non-hydrogen) atoms. The lowest BCUT2D eigenvalue weighted by atomic mass is 10.2. The highest BCUT2D eigenvalue weighted by molar-refractivity contribution is 14.0. The van der Waals surface area contributed by atoms with Crippen LogP contribution in [0.15, 0.2) is 23.3 Å². The van der Waals surface area contributed by atoms with Crippen molar-refractivity contribution in [2.24, 2.45) is 12.0 Å². The van der Waals surface area contributed by atoms with Crippen molar-refractivity contribution < 1.29 is 4.39 Å². The predicted molar refractivity (Wildman–Crippen MR) is 139 cm³/mol. The smallest absolute Gasteiger partial charge is 0.192 e. The molecular formula is C22H35FIN9. The van der Waals surface area contributed by atoms with E-state index in [0.29, 0.717) is 24.9 Å². The fourth-order valence-corrected chi connectivity index (χ4v) is 4.52. The van der Waals surface area contributed by atoms with Gasteiger partial charge in [0.2, 0.25) is 0 Å². The minimum atomic E-state index is -0.279. The van der Waals surface area contributed by atoms with Crippen molar-refractivity contribution in [3.63, 3.8) is 0 Å².